The van der Waals surface area contributed by atoms with Crippen LogP contribution >= 0.6 is 27.5 Å². The van der Waals surface area contributed by atoms with Gasteiger partial charge in [0.25, 0.3) is 0 Å². The van der Waals surface area contributed by atoms with Crippen molar-refractivity contribution in [2.45, 2.75) is 18.9 Å². The van der Waals surface area contributed by atoms with Crippen molar-refractivity contribution in [3.63, 3.8) is 0 Å². The third-order valence-corrected chi connectivity index (χ3v) is 3.73. The summed E-state index contributed by atoms with van der Waals surface area (Å²) in [6.07, 6.45) is 3.98. The van der Waals surface area contributed by atoms with Gasteiger partial charge in [-0.1, -0.05) is 27.5 Å². The minimum absolute atomic E-state index is 0.125. The number of halogens is 2. The SMILES string of the molecule is CNC(C1=COCCC1)c1cc(Br)ccc1Cl. The number of benzene rings is 1. The second-order valence-electron chi connectivity index (χ2n) is 4.05. The van der Waals surface area contributed by atoms with E-state index in [1.807, 2.05) is 25.4 Å². The van der Waals surface area contributed by atoms with Crippen molar-refractivity contribution in [2.75, 3.05) is 13.7 Å². The molecule has 1 aliphatic heterocycles. The number of ether oxygens (including phenoxy) is 1. The Bertz CT molecular complexity index is 433. The summed E-state index contributed by atoms with van der Waals surface area (Å²) >= 11 is 9.74. The second kappa shape index (κ2) is 5.89. The van der Waals surface area contributed by atoms with Gasteiger partial charge in [0.1, 0.15) is 0 Å². The van der Waals surface area contributed by atoms with Crippen LogP contribution in [0, 0.1) is 0 Å². The van der Waals surface area contributed by atoms with Crippen LogP contribution in [0.1, 0.15) is 24.4 Å². The van der Waals surface area contributed by atoms with E-state index in [1.165, 1.54) is 5.57 Å². The molecule has 2 nitrogen and oxygen atoms in total. The maximum Gasteiger partial charge on any atom is 0.0876 e. The zero-order chi connectivity index (χ0) is 12.3. The Morgan fingerprint density at radius 3 is 2.94 bits per heavy atom. The van der Waals surface area contributed by atoms with Crippen molar-refractivity contribution in [2.24, 2.45) is 0 Å². The molecule has 92 valence electrons. The summed E-state index contributed by atoms with van der Waals surface area (Å²) in [5, 5.41) is 4.08. The Morgan fingerprint density at radius 2 is 2.29 bits per heavy atom. The first-order valence-corrected chi connectivity index (χ1v) is 6.82. The molecule has 1 aliphatic rings. The Kier molecular flexibility index (Phi) is 4.48. The summed E-state index contributed by atoms with van der Waals surface area (Å²) in [5.41, 5.74) is 2.33. The third kappa shape index (κ3) is 3.03. The third-order valence-electron chi connectivity index (χ3n) is 2.89. The minimum atomic E-state index is 0.125. The first-order valence-electron chi connectivity index (χ1n) is 5.65. The highest BCUT2D eigenvalue weighted by atomic mass is 79.9. The minimum Gasteiger partial charge on any atom is -0.501 e. The first-order chi connectivity index (χ1) is 8.22. The van der Waals surface area contributed by atoms with Crippen molar-refractivity contribution < 1.29 is 4.74 Å². The number of rotatable bonds is 3. The number of nitrogens with one attached hydrogen (secondary N) is 1. The van der Waals surface area contributed by atoms with Crippen LogP contribution in [0.4, 0.5) is 0 Å². The molecule has 1 aromatic carbocycles. The lowest BCUT2D eigenvalue weighted by Crippen LogP contribution is -2.21. The Labute approximate surface area is 115 Å². The van der Waals surface area contributed by atoms with Crippen LogP contribution in [0.2, 0.25) is 5.02 Å². The van der Waals surface area contributed by atoms with Gasteiger partial charge in [-0.15, -0.1) is 0 Å². The molecule has 1 unspecified atom stereocenters. The average Bonchev–Trinajstić information content (AvgIpc) is 2.36. The van der Waals surface area contributed by atoms with E-state index in [2.05, 4.69) is 27.3 Å². The van der Waals surface area contributed by atoms with E-state index in [-0.39, 0.29) is 6.04 Å². The molecule has 0 amide bonds. The molecule has 0 aromatic heterocycles. The van der Waals surface area contributed by atoms with Gasteiger partial charge in [-0.25, -0.2) is 0 Å². The smallest absolute Gasteiger partial charge is 0.0876 e. The van der Waals surface area contributed by atoms with Gasteiger partial charge in [-0.3, -0.25) is 0 Å². The summed E-state index contributed by atoms with van der Waals surface area (Å²) in [7, 11) is 1.94. The van der Waals surface area contributed by atoms with E-state index < -0.39 is 0 Å². The van der Waals surface area contributed by atoms with E-state index in [1.54, 1.807) is 0 Å². The lowest BCUT2D eigenvalue weighted by atomic mass is 9.95. The predicted octanol–water partition coefficient (Wildman–Crippen LogP) is 4.06. The molecule has 0 fully saturated rings. The molecule has 0 spiro atoms. The van der Waals surface area contributed by atoms with Gasteiger partial charge in [-0.05, 0) is 49.2 Å². The Hall–Kier alpha value is -0.510. The molecule has 1 aromatic rings. The quantitative estimate of drug-likeness (QED) is 0.908. The number of hydrogen-bond acceptors (Lipinski definition) is 2. The highest BCUT2D eigenvalue weighted by Gasteiger charge is 2.19. The fourth-order valence-electron chi connectivity index (χ4n) is 2.07. The fraction of sp³-hybridized carbons (Fsp3) is 0.385. The van der Waals surface area contributed by atoms with Crippen LogP contribution in [0.25, 0.3) is 0 Å². The largest absolute Gasteiger partial charge is 0.501 e. The molecule has 2 rings (SSSR count). The van der Waals surface area contributed by atoms with Crippen LogP contribution < -0.4 is 5.32 Å². The maximum atomic E-state index is 6.26. The van der Waals surface area contributed by atoms with Gasteiger partial charge >= 0.3 is 0 Å². The lowest BCUT2D eigenvalue weighted by Gasteiger charge is -2.24. The predicted molar refractivity (Wildman–Crippen MR) is 74.2 cm³/mol. The monoisotopic (exact) mass is 315 g/mol. The average molecular weight is 317 g/mol. The number of hydrogen-bond donors (Lipinski definition) is 1. The van der Waals surface area contributed by atoms with E-state index in [0.717, 1.165) is 34.5 Å². The zero-order valence-corrected chi connectivity index (χ0v) is 12.0. The fourth-order valence-corrected chi connectivity index (χ4v) is 2.68. The van der Waals surface area contributed by atoms with Gasteiger partial charge in [0.05, 0.1) is 18.9 Å². The first kappa shape index (κ1) is 12.9. The summed E-state index contributed by atoms with van der Waals surface area (Å²) in [4.78, 5) is 0. The molecule has 0 saturated carbocycles. The van der Waals surface area contributed by atoms with Crippen molar-refractivity contribution in [3.05, 3.63) is 45.1 Å². The van der Waals surface area contributed by atoms with Gasteiger partial charge in [0.2, 0.25) is 0 Å². The molecule has 0 saturated heterocycles. The van der Waals surface area contributed by atoms with Crippen molar-refractivity contribution in [3.8, 4) is 0 Å². The molecule has 1 heterocycles. The van der Waals surface area contributed by atoms with Gasteiger partial charge in [0.15, 0.2) is 0 Å². The van der Waals surface area contributed by atoms with E-state index in [0.29, 0.717) is 0 Å². The summed E-state index contributed by atoms with van der Waals surface area (Å²) in [6.45, 7) is 0.812. The highest BCUT2D eigenvalue weighted by molar-refractivity contribution is 9.10. The molecule has 0 aliphatic carbocycles. The molecule has 17 heavy (non-hydrogen) atoms. The summed E-state index contributed by atoms with van der Waals surface area (Å²) in [6, 6.07) is 6.04. The van der Waals surface area contributed by atoms with Crippen molar-refractivity contribution in [1.29, 1.82) is 0 Å². The van der Waals surface area contributed by atoms with E-state index in [9.17, 15) is 0 Å². The Balaban J connectivity index is 2.34. The lowest BCUT2D eigenvalue weighted by molar-refractivity contribution is 0.220. The second-order valence-corrected chi connectivity index (χ2v) is 5.38. The topological polar surface area (TPSA) is 21.3 Å². The van der Waals surface area contributed by atoms with Crippen LogP contribution in [0.15, 0.2) is 34.5 Å². The molecule has 0 bridgehead atoms. The standard InChI is InChI=1S/C13H15BrClNO/c1-16-13(9-3-2-6-17-8-9)11-7-10(14)4-5-12(11)15/h4-5,7-8,13,16H,2-3,6H2,1H3. The van der Waals surface area contributed by atoms with Gasteiger partial charge in [-0.2, -0.15) is 0 Å². The van der Waals surface area contributed by atoms with Crippen molar-refractivity contribution >= 4 is 27.5 Å². The molecular weight excluding hydrogens is 302 g/mol. The van der Waals surface area contributed by atoms with Crippen LogP contribution in [0.3, 0.4) is 0 Å². The van der Waals surface area contributed by atoms with Gasteiger partial charge in [0, 0.05) is 9.50 Å². The van der Waals surface area contributed by atoms with Crippen LogP contribution in [0.5, 0.6) is 0 Å². The van der Waals surface area contributed by atoms with Crippen molar-refractivity contribution in [1.82, 2.24) is 5.32 Å². The molecule has 1 atom stereocenters. The van der Waals surface area contributed by atoms with E-state index >= 15 is 0 Å². The molecule has 4 heteroatoms. The van der Waals surface area contributed by atoms with Gasteiger partial charge < -0.3 is 10.1 Å². The normalized spacial score (nSPS) is 17.2. The molecule has 1 N–H and O–H groups in total. The van der Waals surface area contributed by atoms with Crippen LogP contribution in [-0.4, -0.2) is 13.7 Å². The zero-order valence-electron chi connectivity index (χ0n) is 9.67. The van der Waals surface area contributed by atoms with E-state index in [4.69, 9.17) is 16.3 Å². The summed E-state index contributed by atoms with van der Waals surface area (Å²) in [5.74, 6) is 0. The Morgan fingerprint density at radius 1 is 1.47 bits per heavy atom. The number of likely N-dealkylation sites (N-methyl/N-ethyl adjacent to an activating group) is 1. The molecular formula is C13H15BrClNO. The molecule has 0 radical (unpaired) electrons. The highest BCUT2D eigenvalue weighted by Crippen LogP contribution is 2.33. The summed E-state index contributed by atoms with van der Waals surface area (Å²) < 4.78 is 6.44. The van der Waals surface area contributed by atoms with Crippen LogP contribution in [-0.2, 0) is 4.74 Å². The maximum absolute atomic E-state index is 6.26.